The number of thioether (sulfide) groups is 1. The molecule has 0 radical (unpaired) electrons. The number of piperazine rings is 1. The Bertz CT molecular complexity index is 1100. The molecule has 1 aromatic heterocycles. The first kappa shape index (κ1) is 22.9. The molecule has 0 spiro atoms. The third kappa shape index (κ3) is 5.95. The highest BCUT2D eigenvalue weighted by molar-refractivity contribution is 7.99. The van der Waals surface area contributed by atoms with Crippen LogP contribution in [0.1, 0.15) is 5.56 Å². The molecule has 12 heteroatoms. The van der Waals surface area contributed by atoms with Crippen molar-refractivity contribution in [3.05, 3.63) is 54.1 Å². The van der Waals surface area contributed by atoms with Crippen LogP contribution < -0.4 is 9.64 Å². The van der Waals surface area contributed by atoms with E-state index in [2.05, 4.69) is 50.3 Å². The largest absolute Gasteiger partial charge is 0.573 e. The van der Waals surface area contributed by atoms with Crippen molar-refractivity contribution in [3.8, 4) is 11.4 Å². The first-order valence-electron chi connectivity index (χ1n) is 10.2. The molecule has 2 heterocycles. The standard InChI is InChI=1S/C21H21F3N6O2S/c1-15-3-2-4-17(13-15)28-9-11-29(12-10-28)19(31)14-33-20-25-26-27-30(20)16-5-7-18(8-6-16)32-21(22,23)24/h2-8,13H,9-12,14H2,1H3. The van der Waals surface area contributed by atoms with E-state index < -0.39 is 6.36 Å². The molecular weight excluding hydrogens is 457 g/mol. The molecule has 0 aliphatic carbocycles. The fraction of sp³-hybridized carbons (Fsp3) is 0.333. The lowest BCUT2D eigenvalue weighted by atomic mass is 10.2. The summed E-state index contributed by atoms with van der Waals surface area (Å²) in [6, 6.07) is 13.5. The van der Waals surface area contributed by atoms with E-state index in [9.17, 15) is 18.0 Å². The van der Waals surface area contributed by atoms with Crippen LogP contribution in [0.15, 0.2) is 53.7 Å². The monoisotopic (exact) mass is 478 g/mol. The van der Waals surface area contributed by atoms with Gasteiger partial charge in [-0.05, 0) is 59.3 Å². The van der Waals surface area contributed by atoms with Crippen LogP contribution in [0.3, 0.4) is 0 Å². The molecule has 0 bridgehead atoms. The minimum absolute atomic E-state index is 0.0210. The van der Waals surface area contributed by atoms with Gasteiger partial charge in [0, 0.05) is 31.9 Å². The second kappa shape index (κ2) is 9.69. The highest BCUT2D eigenvalue weighted by Gasteiger charge is 2.31. The summed E-state index contributed by atoms with van der Waals surface area (Å²) in [5, 5.41) is 11.8. The molecule has 1 saturated heterocycles. The maximum Gasteiger partial charge on any atom is 0.573 e. The molecule has 1 fully saturated rings. The van der Waals surface area contributed by atoms with Crippen LogP contribution in [0.5, 0.6) is 5.75 Å². The molecule has 2 aromatic carbocycles. The number of anilines is 1. The van der Waals surface area contributed by atoms with Gasteiger partial charge in [-0.2, -0.15) is 4.68 Å². The predicted molar refractivity (Wildman–Crippen MR) is 117 cm³/mol. The number of nitrogens with zero attached hydrogens (tertiary/aromatic N) is 6. The van der Waals surface area contributed by atoms with Gasteiger partial charge in [0.2, 0.25) is 11.1 Å². The molecule has 0 saturated carbocycles. The van der Waals surface area contributed by atoms with E-state index in [-0.39, 0.29) is 17.4 Å². The minimum atomic E-state index is -4.76. The molecule has 8 nitrogen and oxygen atoms in total. The van der Waals surface area contributed by atoms with Gasteiger partial charge in [0.25, 0.3) is 0 Å². The van der Waals surface area contributed by atoms with Gasteiger partial charge in [-0.25, -0.2) is 0 Å². The molecule has 33 heavy (non-hydrogen) atoms. The molecule has 0 atom stereocenters. The van der Waals surface area contributed by atoms with Crippen LogP contribution in [0.2, 0.25) is 0 Å². The Hall–Kier alpha value is -3.28. The number of aryl methyl sites for hydroxylation is 1. The normalized spacial score (nSPS) is 14.4. The number of ether oxygens (including phenoxy) is 1. The number of carbonyl (C=O) groups is 1. The maximum atomic E-state index is 12.7. The van der Waals surface area contributed by atoms with Crippen LogP contribution in [-0.4, -0.2) is 69.3 Å². The SMILES string of the molecule is Cc1cccc(N2CCN(C(=O)CSc3nnnn3-c3ccc(OC(F)(F)F)cc3)CC2)c1. The highest BCUT2D eigenvalue weighted by atomic mass is 32.2. The fourth-order valence-corrected chi connectivity index (χ4v) is 4.27. The highest BCUT2D eigenvalue weighted by Crippen LogP contribution is 2.25. The quantitative estimate of drug-likeness (QED) is 0.503. The molecule has 0 N–H and O–H groups in total. The summed E-state index contributed by atoms with van der Waals surface area (Å²) in [7, 11) is 0. The molecule has 1 aliphatic rings. The van der Waals surface area contributed by atoms with Crippen LogP contribution in [0, 0.1) is 6.92 Å². The molecule has 4 rings (SSSR count). The van der Waals surface area contributed by atoms with E-state index in [1.54, 1.807) is 0 Å². The lowest BCUT2D eigenvalue weighted by molar-refractivity contribution is -0.274. The number of benzene rings is 2. The van der Waals surface area contributed by atoms with Crippen LogP contribution >= 0.6 is 11.8 Å². The molecule has 3 aromatic rings. The van der Waals surface area contributed by atoms with E-state index in [1.165, 1.54) is 46.3 Å². The van der Waals surface area contributed by atoms with Crippen LogP contribution in [0.25, 0.3) is 5.69 Å². The number of hydrogen-bond donors (Lipinski definition) is 0. The van der Waals surface area contributed by atoms with Crippen molar-refractivity contribution in [2.24, 2.45) is 0 Å². The lowest BCUT2D eigenvalue weighted by Crippen LogP contribution is -2.49. The van der Waals surface area contributed by atoms with Gasteiger partial charge < -0.3 is 14.5 Å². The Kier molecular flexibility index (Phi) is 6.72. The summed E-state index contributed by atoms with van der Waals surface area (Å²) < 4.78 is 42.2. The summed E-state index contributed by atoms with van der Waals surface area (Å²) in [6.07, 6.45) is -4.76. The molecule has 174 valence electrons. The number of tetrazole rings is 1. The van der Waals surface area contributed by atoms with Crippen molar-refractivity contribution >= 4 is 23.4 Å². The first-order valence-corrected chi connectivity index (χ1v) is 11.1. The maximum absolute atomic E-state index is 12.7. The van der Waals surface area contributed by atoms with Crippen molar-refractivity contribution < 1.29 is 22.7 Å². The Labute approximate surface area is 192 Å². The van der Waals surface area contributed by atoms with E-state index in [4.69, 9.17) is 0 Å². The number of rotatable bonds is 6. The molecule has 1 aliphatic heterocycles. The topological polar surface area (TPSA) is 76.4 Å². The second-order valence-corrected chi connectivity index (χ2v) is 8.35. The summed E-state index contributed by atoms with van der Waals surface area (Å²) >= 11 is 1.17. The fourth-order valence-electron chi connectivity index (χ4n) is 3.48. The first-order chi connectivity index (χ1) is 15.8. The van der Waals surface area contributed by atoms with Gasteiger partial charge >= 0.3 is 6.36 Å². The van der Waals surface area contributed by atoms with E-state index in [0.29, 0.717) is 23.9 Å². The Morgan fingerprint density at radius 3 is 2.45 bits per heavy atom. The van der Waals surface area contributed by atoms with Gasteiger partial charge in [0.15, 0.2) is 0 Å². The van der Waals surface area contributed by atoms with Crippen molar-refractivity contribution in [1.82, 2.24) is 25.1 Å². The summed E-state index contributed by atoms with van der Waals surface area (Å²) in [6.45, 7) is 4.81. The number of carbonyl (C=O) groups excluding carboxylic acids is 1. The third-order valence-electron chi connectivity index (χ3n) is 5.08. The smallest absolute Gasteiger partial charge is 0.406 e. The number of hydrogen-bond acceptors (Lipinski definition) is 7. The zero-order valence-electron chi connectivity index (χ0n) is 17.7. The number of alkyl halides is 3. The van der Waals surface area contributed by atoms with Crippen molar-refractivity contribution in [1.29, 1.82) is 0 Å². The van der Waals surface area contributed by atoms with Gasteiger partial charge in [0.1, 0.15) is 5.75 Å². The number of halogens is 3. The van der Waals surface area contributed by atoms with Crippen molar-refractivity contribution in [2.75, 3.05) is 36.8 Å². The van der Waals surface area contributed by atoms with Crippen molar-refractivity contribution in [2.45, 2.75) is 18.4 Å². The lowest BCUT2D eigenvalue weighted by Gasteiger charge is -2.36. The average Bonchev–Trinajstić information content (AvgIpc) is 3.26. The van der Waals surface area contributed by atoms with E-state index in [1.807, 2.05) is 11.0 Å². The average molecular weight is 479 g/mol. The number of aromatic nitrogens is 4. The molecule has 1 amide bonds. The van der Waals surface area contributed by atoms with E-state index >= 15 is 0 Å². The summed E-state index contributed by atoms with van der Waals surface area (Å²) in [5.41, 5.74) is 2.81. The Morgan fingerprint density at radius 2 is 1.79 bits per heavy atom. The Morgan fingerprint density at radius 1 is 1.06 bits per heavy atom. The zero-order chi connectivity index (χ0) is 23.4. The zero-order valence-corrected chi connectivity index (χ0v) is 18.5. The number of amides is 1. The van der Waals surface area contributed by atoms with Gasteiger partial charge in [-0.1, -0.05) is 23.9 Å². The summed E-state index contributed by atoms with van der Waals surface area (Å²) in [4.78, 5) is 16.8. The van der Waals surface area contributed by atoms with Crippen LogP contribution in [-0.2, 0) is 4.79 Å². The van der Waals surface area contributed by atoms with E-state index in [0.717, 1.165) is 18.8 Å². The third-order valence-corrected chi connectivity index (χ3v) is 5.98. The molecular formula is C21H21F3N6O2S. The van der Waals surface area contributed by atoms with Gasteiger partial charge in [-0.3, -0.25) is 4.79 Å². The molecule has 0 unspecified atom stereocenters. The predicted octanol–water partition coefficient (Wildman–Crippen LogP) is 3.31. The second-order valence-electron chi connectivity index (χ2n) is 7.41. The Balaban J connectivity index is 1.31. The van der Waals surface area contributed by atoms with Gasteiger partial charge in [-0.15, -0.1) is 18.3 Å². The van der Waals surface area contributed by atoms with Crippen LogP contribution in [0.4, 0.5) is 18.9 Å². The van der Waals surface area contributed by atoms with Crippen molar-refractivity contribution in [3.63, 3.8) is 0 Å². The minimum Gasteiger partial charge on any atom is -0.406 e. The summed E-state index contributed by atoms with van der Waals surface area (Å²) in [5.74, 6) is -0.207. The van der Waals surface area contributed by atoms with Gasteiger partial charge in [0.05, 0.1) is 11.4 Å².